The molecule has 4 nitrogen and oxygen atoms in total. The minimum Gasteiger partial charge on any atom is -0.489 e. The SMILES string of the molecule is CC(C)c1ccc(-c2ccc3c(c2)N(S(=O)(=O)c2cccc(C(F)(F)F)c2)CCO3)cc1. The lowest BCUT2D eigenvalue weighted by atomic mass is 9.98. The van der Waals surface area contributed by atoms with Gasteiger partial charge in [-0.25, -0.2) is 8.42 Å². The van der Waals surface area contributed by atoms with Crippen molar-refractivity contribution in [1.29, 1.82) is 0 Å². The molecule has 1 aliphatic rings. The second kappa shape index (κ2) is 8.16. The summed E-state index contributed by atoms with van der Waals surface area (Å²) in [5.74, 6) is 0.753. The van der Waals surface area contributed by atoms with Crippen molar-refractivity contribution in [3.63, 3.8) is 0 Å². The summed E-state index contributed by atoms with van der Waals surface area (Å²) in [6.45, 7) is 4.30. The lowest BCUT2D eigenvalue weighted by Crippen LogP contribution is -2.38. The summed E-state index contributed by atoms with van der Waals surface area (Å²) in [6.07, 6.45) is -4.64. The number of anilines is 1. The summed E-state index contributed by atoms with van der Waals surface area (Å²) in [6, 6.07) is 17.0. The summed E-state index contributed by atoms with van der Waals surface area (Å²) in [4.78, 5) is -0.410. The highest BCUT2D eigenvalue weighted by atomic mass is 32.2. The fourth-order valence-corrected chi connectivity index (χ4v) is 5.14. The van der Waals surface area contributed by atoms with E-state index < -0.39 is 26.7 Å². The van der Waals surface area contributed by atoms with Gasteiger partial charge in [-0.3, -0.25) is 4.31 Å². The van der Waals surface area contributed by atoms with Crippen LogP contribution in [-0.2, 0) is 16.2 Å². The molecule has 0 N–H and O–H groups in total. The number of halogens is 3. The molecule has 0 atom stereocenters. The minimum absolute atomic E-state index is 0.00131. The molecule has 0 saturated carbocycles. The second-order valence-electron chi connectivity index (χ2n) is 7.91. The van der Waals surface area contributed by atoms with Gasteiger partial charge in [0.2, 0.25) is 0 Å². The zero-order valence-corrected chi connectivity index (χ0v) is 18.4. The van der Waals surface area contributed by atoms with Crippen LogP contribution in [0.1, 0.15) is 30.9 Å². The lowest BCUT2D eigenvalue weighted by molar-refractivity contribution is -0.137. The topological polar surface area (TPSA) is 46.6 Å². The lowest BCUT2D eigenvalue weighted by Gasteiger charge is -2.31. The molecule has 0 unspecified atom stereocenters. The Morgan fingerprint density at radius 2 is 1.62 bits per heavy atom. The number of sulfonamides is 1. The molecular weight excluding hydrogens is 439 g/mol. The Hall–Kier alpha value is -3.00. The number of rotatable bonds is 4. The van der Waals surface area contributed by atoms with E-state index in [1.54, 1.807) is 12.1 Å². The highest BCUT2D eigenvalue weighted by Gasteiger charge is 2.34. The van der Waals surface area contributed by atoms with Gasteiger partial charge in [0.05, 0.1) is 22.7 Å². The van der Waals surface area contributed by atoms with Crippen molar-refractivity contribution in [1.82, 2.24) is 0 Å². The van der Waals surface area contributed by atoms with Gasteiger partial charge in [0.1, 0.15) is 12.4 Å². The summed E-state index contributed by atoms with van der Waals surface area (Å²) < 4.78 is 72.7. The van der Waals surface area contributed by atoms with Crippen LogP contribution in [0.2, 0.25) is 0 Å². The van der Waals surface area contributed by atoms with Crippen LogP contribution in [-0.4, -0.2) is 21.6 Å². The summed E-state index contributed by atoms with van der Waals surface area (Å²) >= 11 is 0. The van der Waals surface area contributed by atoms with Gasteiger partial charge in [-0.05, 0) is 52.9 Å². The Labute approximate surface area is 185 Å². The van der Waals surface area contributed by atoms with Crippen LogP contribution >= 0.6 is 0 Å². The molecule has 3 aromatic rings. The molecule has 3 aromatic carbocycles. The molecule has 1 heterocycles. The molecular formula is C24H22F3NO3S. The van der Waals surface area contributed by atoms with Gasteiger partial charge in [-0.2, -0.15) is 13.2 Å². The largest absolute Gasteiger partial charge is 0.489 e. The van der Waals surface area contributed by atoms with E-state index in [9.17, 15) is 21.6 Å². The first kappa shape index (κ1) is 22.2. The van der Waals surface area contributed by atoms with Crippen molar-refractivity contribution in [2.24, 2.45) is 0 Å². The van der Waals surface area contributed by atoms with Crippen LogP contribution in [0.3, 0.4) is 0 Å². The monoisotopic (exact) mass is 461 g/mol. The van der Waals surface area contributed by atoms with Gasteiger partial charge in [0.15, 0.2) is 0 Å². The number of alkyl halides is 3. The fourth-order valence-electron chi connectivity index (χ4n) is 3.64. The third kappa shape index (κ3) is 4.19. The molecule has 0 saturated heterocycles. The standard InChI is InChI=1S/C24H22F3NO3S/c1-16(2)17-6-8-18(9-7-17)19-10-11-23-22(14-19)28(12-13-31-23)32(29,30)21-5-3-4-20(15-21)24(25,26)27/h3-11,14-16H,12-13H2,1-2H3. The first-order valence-corrected chi connectivity index (χ1v) is 11.6. The van der Waals surface area contributed by atoms with Crippen molar-refractivity contribution in [3.8, 4) is 16.9 Å². The van der Waals surface area contributed by atoms with E-state index in [1.807, 2.05) is 30.3 Å². The molecule has 1 aliphatic heterocycles. The predicted molar refractivity (Wildman–Crippen MR) is 117 cm³/mol. The van der Waals surface area contributed by atoms with Gasteiger partial charge in [-0.1, -0.05) is 50.2 Å². The van der Waals surface area contributed by atoms with Gasteiger partial charge in [-0.15, -0.1) is 0 Å². The number of nitrogens with zero attached hydrogens (tertiary/aromatic N) is 1. The summed E-state index contributed by atoms with van der Waals surface area (Å²) in [7, 11) is -4.22. The van der Waals surface area contributed by atoms with Crippen LogP contribution in [0.5, 0.6) is 5.75 Å². The molecule has 32 heavy (non-hydrogen) atoms. The Balaban J connectivity index is 1.75. The van der Waals surface area contributed by atoms with Crippen LogP contribution in [0.4, 0.5) is 18.9 Å². The van der Waals surface area contributed by atoms with Crippen molar-refractivity contribution >= 4 is 15.7 Å². The first-order chi connectivity index (χ1) is 15.1. The van der Waals surface area contributed by atoms with Gasteiger partial charge in [0.25, 0.3) is 10.0 Å². The average molecular weight is 462 g/mol. The van der Waals surface area contributed by atoms with Crippen LogP contribution in [0.25, 0.3) is 11.1 Å². The van der Waals surface area contributed by atoms with E-state index in [0.717, 1.165) is 27.6 Å². The van der Waals surface area contributed by atoms with E-state index in [1.165, 1.54) is 11.6 Å². The highest BCUT2D eigenvalue weighted by Crippen LogP contribution is 2.39. The van der Waals surface area contributed by atoms with Crippen LogP contribution in [0, 0.1) is 0 Å². The van der Waals surface area contributed by atoms with Gasteiger partial charge < -0.3 is 4.74 Å². The molecule has 0 fully saturated rings. The second-order valence-corrected chi connectivity index (χ2v) is 9.77. The maximum Gasteiger partial charge on any atom is 0.416 e. The third-order valence-electron chi connectivity index (χ3n) is 5.44. The molecule has 8 heteroatoms. The van der Waals surface area contributed by atoms with E-state index in [-0.39, 0.29) is 13.2 Å². The molecule has 168 valence electrons. The summed E-state index contributed by atoms with van der Waals surface area (Å²) in [5, 5.41) is 0. The van der Waals surface area contributed by atoms with Crippen LogP contribution in [0.15, 0.2) is 71.6 Å². The van der Waals surface area contributed by atoms with Gasteiger partial charge in [0, 0.05) is 0 Å². The zero-order chi connectivity index (χ0) is 23.1. The fraction of sp³-hybridized carbons (Fsp3) is 0.250. The smallest absolute Gasteiger partial charge is 0.416 e. The Kier molecular flexibility index (Phi) is 5.67. The molecule has 4 rings (SSSR count). The number of hydrogen-bond acceptors (Lipinski definition) is 3. The van der Waals surface area contributed by atoms with Crippen molar-refractivity contribution < 1.29 is 26.3 Å². The molecule has 0 bridgehead atoms. The third-order valence-corrected chi connectivity index (χ3v) is 7.25. The van der Waals surface area contributed by atoms with E-state index in [4.69, 9.17) is 4.74 Å². The average Bonchev–Trinajstić information content (AvgIpc) is 2.78. The number of fused-ring (bicyclic) bond motifs is 1. The maximum absolute atomic E-state index is 13.3. The maximum atomic E-state index is 13.3. The normalized spacial score (nSPS) is 14.2. The Morgan fingerprint density at radius 1 is 0.938 bits per heavy atom. The van der Waals surface area contributed by atoms with Crippen molar-refractivity contribution in [2.75, 3.05) is 17.5 Å². The predicted octanol–water partition coefficient (Wildman–Crippen LogP) is 6.08. The molecule has 0 radical (unpaired) electrons. The highest BCUT2D eigenvalue weighted by molar-refractivity contribution is 7.92. The van der Waals surface area contributed by atoms with Crippen molar-refractivity contribution in [2.45, 2.75) is 30.8 Å². The quantitative estimate of drug-likeness (QED) is 0.473. The molecule has 0 aromatic heterocycles. The first-order valence-electron chi connectivity index (χ1n) is 10.1. The number of hydrogen-bond donors (Lipinski definition) is 0. The Morgan fingerprint density at radius 3 is 2.28 bits per heavy atom. The summed E-state index contributed by atoms with van der Waals surface area (Å²) in [5.41, 5.74) is 2.17. The van der Waals surface area contributed by atoms with E-state index >= 15 is 0 Å². The van der Waals surface area contributed by atoms with Crippen molar-refractivity contribution in [3.05, 3.63) is 77.9 Å². The van der Waals surface area contributed by atoms with Crippen LogP contribution < -0.4 is 9.04 Å². The number of benzene rings is 3. The van der Waals surface area contributed by atoms with Gasteiger partial charge >= 0.3 is 6.18 Å². The minimum atomic E-state index is -4.64. The van der Waals surface area contributed by atoms with E-state index in [0.29, 0.717) is 23.4 Å². The number of ether oxygens (including phenoxy) is 1. The molecule has 0 aliphatic carbocycles. The van der Waals surface area contributed by atoms with E-state index in [2.05, 4.69) is 13.8 Å². The zero-order valence-electron chi connectivity index (χ0n) is 17.6. The molecule has 0 spiro atoms. The molecule has 0 amide bonds. The Bertz CT molecular complexity index is 1240.